The molecule has 3 nitrogen and oxygen atoms in total. The Morgan fingerprint density at radius 1 is 1.43 bits per heavy atom. The quantitative estimate of drug-likeness (QED) is 0.442. The van der Waals surface area contributed by atoms with Crippen LogP contribution in [0.2, 0.25) is 5.02 Å². The number of benzene rings is 1. The van der Waals surface area contributed by atoms with Gasteiger partial charge in [0.05, 0.1) is 0 Å². The van der Waals surface area contributed by atoms with Gasteiger partial charge in [-0.1, -0.05) is 11.6 Å². The van der Waals surface area contributed by atoms with Gasteiger partial charge in [-0.3, -0.25) is 4.79 Å². The maximum absolute atomic E-state index is 11.1. The molecule has 14 heavy (non-hydrogen) atoms. The van der Waals surface area contributed by atoms with Gasteiger partial charge in [-0.15, -0.1) is 0 Å². The minimum atomic E-state index is -1.96. The fourth-order valence-electron chi connectivity index (χ4n) is 0.947. The molecule has 0 fully saturated rings. The molecule has 0 saturated carbocycles. The molecule has 0 aromatic heterocycles. The Balaban J connectivity index is 0.00000169. The van der Waals surface area contributed by atoms with Crippen molar-refractivity contribution in [3.05, 3.63) is 34.3 Å². The summed E-state index contributed by atoms with van der Waals surface area (Å²) in [5, 5.41) is 17.8. The van der Waals surface area contributed by atoms with Gasteiger partial charge in [0, 0.05) is 40.1 Å². The standard InChI is InChI=1S/C9H9ClO3.Na/c1-5-4-6(2-3-7(5)10)8(11)9(12)13;/h2-4,9,12-13H,1H3;. The van der Waals surface area contributed by atoms with Crippen LogP contribution in [-0.4, -0.2) is 51.8 Å². The molecule has 5 heteroatoms. The molecule has 71 valence electrons. The summed E-state index contributed by atoms with van der Waals surface area (Å²) in [5.74, 6) is -0.722. The summed E-state index contributed by atoms with van der Waals surface area (Å²) >= 11 is 5.73. The second kappa shape index (κ2) is 5.85. The van der Waals surface area contributed by atoms with Crippen LogP contribution in [0.5, 0.6) is 0 Å². The van der Waals surface area contributed by atoms with E-state index in [-0.39, 0.29) is 35.1 Å². The molecule has 0 heterocycles. The summed E-state index contributed by atoms with van der Waals surface area (Å²) in [6.45, 7) is 1.74. The zero-order chi connectivity index (χ0) is 10.0. The predicted octanol–water partition coefficient (Wildman–Crippen LogP) is 0.761. The average molecular weight is 224 g/mol. The SMILES string of the molecule is Cc1cc(C(=O)C(O)O)ccc1Cl.[Na]. The molecule has 1 radical (unpaired) electrons. The summed E-state index contributed by atoms with van der Waals surface area (Å²) in [7, 11) is 0. The number of hydrogen-bond acceptors (Lipinski definition) is 3. The second-order valence-electron chi connectivity index (χ2n) is 2.70. The summed E-state index contributed by atoms with van der Waals surface area (Å²) < 4.78 is 0. The van der Waals surface area contributed by atoms with Gasteiger partial charge in [0.15, 0.2) is 0 Å². The van der Waals surface area contributed by atoms with E-state index >= 15 is 0 Å². The zero-order valence-electron chi connectivity index (χ0n) is 7.99. The van der Waals surface area contributed by atoms with Crippen molar-refractivity contribution in [3.63, 3.8) is 0 Å². The number of carbonyl (C=O) groups is 1. The third-order valence-electron chi connectivity index (χ3n) is 1.68. The molecule has 0 saturated heterocycles. The van der Waals surface area contributed by atoms with E-state index in [1.807, 2.05) is 0 Å². The fourth-order valence-corrected chi connectivity index (χ4v) is 1.06. The van der Waals surface area contributed by atoms with Crippen LogP contribution in [0, 0.1) is 6.92 Å². The smallest absolute Gasteiger partial charge is 0.218 e. The first-order valence-electron chi connectivity index (χ1n) is 3.69. The zero-order valence-corrected chi connectivity index (χ0v) is 10.7. The maximum atomic E-state index is 11.1. The van der Waals surface area contributed by atoms with Crippen molar-refractivity contribution in [2.75, 3.05) is 0 Å². The number of carbonyl (C=O) groups excluding carboxylic acids is 1. The van der Waals surface area contributed by atoms with Gasteiger partial charge < -0.3 is 10.2 Å². The minimum absolute atomic E-state index is 0. The van der Waals surface area contributed by atoms with E-state index in [2.05, 4.69) is 0 Å². The van der Waals surface area contributed by atoms with Crippen molar-refractivity contribution in [1.29, 1.82) is 0 Å². The number of hydrogen-bond donors (Lipinski definition) is 2. The largest absolute Gasteiger partial charge is 0.362 e. The van der Waals surface area contributed by atoms with Crippen LogP contribution < -0.4 is 0 Å². The van der Waals surface area contributed by atoms with Crippen molar-refractivity contribution in [3.8, 4) is 0 Å². The molecule has 0 aliphatic rings. The number of ketones is 1. The van der Waals surface area contributed by atoms with Gasteiger partial charge in [0.1, 0.15) is 0 Å². The number of halogens is 1. The first-order chi connectivity index (χ1) is 6.02. The third kappa shape index (κ3) is 3.35. The van der Waals surface area contributed by atoms with Crippen molar-refractivity contribution in [2.45, 2.75) is 13.2 Å². The Labute approximate surface area is 109 Å². The number of rotatable bonds is 2. The molecular formula is C9H9ClNaO3. The number of aliphatic hydroxyl groups is 2. The van der Waals surface area contributed by atoms with Gasteiger partial charge in [0.25, 0.3) is 0 Å². The van der Waals surface area contributed by atoms with Gasteiger partial charge >= 0.3 is 0 Å². The van der Waals surface area contributed by atoms with Crippen LogP contribution in [0.25, 0.3) is 0 Å². The van der Waals surface area contributed by atoms with E-state index in [9.17, 15) is 4.79 Å². The van der Waals surface area contributed by atoms with Crippen LogP contribution in [0.1, 0.15) is 15.9 Å². The summed E-state index contributed by atoms with van der Waals surface area (Å²) in [6, 6.07) is 4.52. The molecule has 0 amide bonds. The van der Waals surface area contributed by atoms with E-state index in [4.69, 9.17) is 21.8 Å². The molecule has 0 aliphatic carbocycles. The van der Waals surface area contributed by atoms with Gasteiger partial charge in [-0.2, -0.15) is 0 Å². The molecule has 1 rings (SSSR count). The van der Waals surface area contributed by atoms with E-state index in [1.54, 1.807) is 13.0 Å². The molecule has 1 aromatic carbocycles. The summed E-state index contributed by atoms with van der Waals surface area (Å²) in [5.41, 5.74) is 0.977. The van der Waals surface area contributed by atoms with Crippen LogP contribution >= 0.6 is 11.6 Å². The molecule has 1 aromatic rings. The monoisotopic (exact) mass is 223 g/mol. The van der Waals surface area contributed by atoms with Crippen molar-refractivity contribution < 1.29 is 15.0 Å². The van der Waals surface area contributed by atoms with Crippen molar-refractivity contribution in [1.82, 2.24) is 0 Å². The van der Waals surface area contributed by atoms with Crippen LogP contribution in [-0.2, 0) is 0 Å². The van der Waals surface area contributed by atoms with E-state index < -0.39 is 12.1 Å². The Morgan fingerprint density at radius 2 is 2.00 bits per heavy atom. The van der Waals surface area contributed by atoms with E-state index in [0.29, 0.717) is 5.02 Å². The Hall–Kier alpha value is 0.100. The molecule has 0 bridgehead atoms. The first-order valence-corrected chi connectivity index (χ1v) is 4.06. The van der Waals surface area contributed by atoms with Crippen LogP contribution in [0.15, 0.2) is 18.2 Å². The third-order valence-corrected chi connectivity index (χ3v) is 2.10. The van der Waals surface area contributed by atoms with E-state index in [0.717, 1.165) is 5.56 Å². The van der Waals surface area contributed by atoms with Gasteiger partial charge in [-0.25, -0.2) is 0 Å². The van der Waals surface area contributed by atoms with Crippen molar-refractivity contribution in [2.24, 2.45) is 0 Å². The van der Waals surface area contributed by atoms with Gasteiger partial charge in [0.2, 0.25) is 12.1 Å². The minimum Gasteiger partial charge on any atom is -0.362 e. The summed E-state index contributed by atoms with van der Waals surface area (Å²) in [4.78, 5) is 11.1. The van der Waals surface area contributed by atoms with Crippen molar-refractivity contribution >= 4 is 46.9 Å². The van der Waals surface area contributed by atoms with Gasteiger partial charge in [-0.05, 0) is 30.7 Å². The van der Waals surface area contributed by atoms with E-state index in [1.165, 1.54) is 12.1 Å². The predicted molar refractivity (Wildman–Crippen MR) is 54.5 cm³/mol. The Kier molecular flexibility index (Phi) is 5.90. The Morgan fingerprint density at radius 3 is 2.43 bits per heavy atom. The summed E-state index contributed by atoms with van der Waals surface area (Å²) in [6.07, 6.45) is -1.96. The number of aryl methyl sites for hydroxylation is 1. The van der Waals surface area contributed by atoms with Crippen LogP contribution in [0.3, 0.4) is 0 Å². The Bertz CT molecular complexity index is 339. The normalized spacial score (nSPS) is 9.79. The topological polar surface area (TPSA) is 57.5 Å². The molecule has 0 aliphatic heterocycles. The molecular weight excluding hydrogens is 215 g/mol. The first kappa shape index (κ1) is 14.1. The molecule has 0 atom stereocenters. The molecule has 0 unspecified atom stereocenters. The number of Topliss-reactive ketones (excluding diaryl/α,β-unsaturated/α-hetero) is 1. The maximum Gasteiger partial charge on any atom is 0.218 e. The molecule has 0 spiro atoms. The fraction of sp³-hybridized carbons (Fsp3) is 0.222. The van der Waals surface area contributed by atoms with Crippen LogP contribution in [0.4, 0.5) is 0 Å². The number of aliphatic hydroxyl groups excluding tert-OH is 1. The molecule has 2 N–H and O–H groups in total. The second-order valence-corrected chi connectivity index (χ2v) is 3.11. The average Bonchev–Trinajstić information content (AvgIpc) is 2.08.